The van der Waals surface area contributed by atoms with Crippen LogP contribution < -0.4 is 11.1 Å². The molecule has 0 aliphatic heterocycles. The van der Waals surface area contributed by atoms with Crippen LogP contribution >= 0.6 is 0 Å². The maximum absolute atomic E-state index is 11.4. The van der Waals surface area contributed by atoms with E-state index in [1.807, 2.05) is 13.8 Å². The Bertz CT molecular complexity index is 194. The minimum Gasteiger partial charge on any atom is -0.355 e. The lowest BCUT2D eigenvalue weighted by Crippen LogP contribution is -2.39. The molecule has 3 nitrogen and oxygen atoms in total. The molecule has 15 heavy (non-hydrogen) atoms. The molecule has 0 saturated heterocycles. The van der Waals surface area contributed by atoms with Gasteiger partial charge in [-0.25, -0.2) is 0 Å². The van der Waals surface area contributed by atoms with Crippen molar-refractivity contribution in [1.82, 2.24) is 5.32 Å². The van der Waals surface area contributed by atoms with Gasteiger partial charge in [0.1, 0.15) is 0 Å². The normalized spacial score (nSPS) is 14.1. The first-order chi connectivity index (χ1) is 6.70. The molecule has 0 aromatic rings. The van der Waals surface area contributed by atoms with Crippen molar-refractivity contribution >= 4 is 5.91 Å². The van der Waals surface area contributed by atoms with Crippen molar-refractivity contribution in [2.75, 3.05) is 6.54 Å². The number of nitrogens with two attached hydrogens (primary N) is 1. The molecule has 3 N–H and O–H groups in total. The van der Waals surface area contributed by atoms with Gasteiger partial charge in [-0.05, 0) is 17.8 Å². The Morgan fingerprint density at radius 1 is 1.33 bits per heavy atom. The first kappa shape index (κ1) is 14.4. The molecule has 1 amide bonds. The van der Waals surface area contributed by atoms with Gasteiger partial charge in [-0.3, -0.25) is 4.79 Å². The summed E-state index contributed by atoms with van der Waals surface area (Å²) in [4.78, 5) is 11.4. The van der Waals surface area contributed by atoms with Crippen LogP contribution in [0, 0.1) is 11.3 Å². The van der Waals surface area contributed by atoms with E-state index < -0.39 is 0 Å². The van der Waals surface area contributed by atoms with Gasteiger partial charge in [-0.1, -0.05) is 34.6 Å². The number of rotatable bonds is 5. The molecule has 0 heterocycles. The number of carbonyl (C=O) groups is 1. The second-order valence-corrected chi connectivity index (χ2v) is 5.93. The summed E-state index contributed by atoms with van der Waals surface area (Å²) in [5, 5.41) is 2.87. The minimum atomic E-state index is 0.0566. The van der Waals surface area contributed by atoms with Gasteiger partial charge in [0, 0.05) is 19.0 Å². The number of nitrogens with one attached hydrogen (secondary N) is 1. The van der Waals surface area contributed by atoms with E-state index in [2.05, 4.69) is 26.1 Å². The second-order valence-electron chi connectivity index (χ2n) is 5.93. The summed E-state index contributed by atoms with van der Waals surface area (Å²) in [6.07, 6.45) is 1.51. The topological polar surface area (TPSA) is 55.1 Å². The average molecular weight is 214 g/mol. The molecule has 0 saturated carbocycles. The minimum absolute atomic E-state index is 0.0566. The van der Waals surface area contributed by atoms with Crippen molar-refractivity contribution in [3.05, 3.63) is 0 Å². The van der Waals surface area contributed by atoms with Crippen LogP contribution in [0.25, 0.3) is 0 Å². The van der Waals surface area contributed by atoms with E-state index in [1.54, 1.807) is 0 Å². The molecule has 90 valence electrons. The fraction of sp³-hybridized carbons (Fsp3) is 0.917. The quantitative estimate of drug-likeness (QED) is 0.734. The van der Waals surface area contributed by atoms with Crippen LogP contribution in [0.4, 0.5) is 0 Å². The Labute approximate surface area is 93.8 Å². The summed E-state index contributed by atoms with van der Waals surface area (Å²) in [6.45, 7) is 11.1. The third-order valence-corrected chi connectivity index (χ3v) is 2.03. The summed E-state index contributed by atoms with van der Waals surface area (Å²) in [6, 6.07) is 0.0566. The van der Waals surface area contributed by atoms with Gasteiger partial charge < -0.3 is 11.1 Å². The highest BCUT2D eigenvalue weighted by Crippen LogP contribution is 2.19. The monoisotopic (exact) mass is 214 g/mol. The molecule has 1 atom stereocenters. The molecule has 0 aliphatic carbocycles. The lowest BCUT2D eigenvalue weighted by Gasteiger charge is -2.23. The van der Waals surface area contributed by atoms with Gasteiger partial charge in [-0.15, -0.1) is 0 Å². The third kappa shape index (κ3) is 9.73. The van der Waals surface area contributed by atoms with E-state index in [9.17, 15) is 4.79 Å². The van der Waals surface area contributed by atoms with E-state index in [4.69, 9.17) is 5.73 Å². The van der Waals surface area contributed by atoms with Gasteiger partial charge in [0.25, 0.3) is 0 Å². The molecular weight excluding hydrogens is 188 g/mol. The Hall–Kier alpha value is -0.570. The zero-order chi connectivity index (χ0) is 12.1. The van der Waals surface area contributed by atoms with Crippen LogP contribution in [-0.4, -0.2) is 18.5 Å². The summed E-state index contributed by atoms with van der Waals surface area (Å²) >= 11 is 0. The van der Waals surface area contributed by atoms with Crippen molar-refractivity contribution in [1.29, 1.82) is 0 Å². The lowest BCUT2D eigenvalue weighted by atomic mass is 9.88. The van der Waals surface area contributed by atoms with Gasteiger partial charge in [0.15, 0.2) is 0 Å². The Morgan fingerprint density at radius 2 is 1.87 bits per heavy atom. The van der Waals surface area contributed by atoms with E-state index in [0.29, 0.717) is 18.9 Å². The largest absolute Gasteiger partial charge is 0.355 e. The highest BCUT2D eigenvalue weighted by Gasteiger charge is 2.16. The number of hydrogen-bond donors (Lipinski definition) is 2. The molecule has 1 unspecified atom stereocenters. The summed E-state index contributed by atoms with van der Waals surface area (Å²) in [5.41, 5.74) is 6.15. The van der Waals surface area contributed by atoms with Crippen LogP contribution in [0.1, 0.15) is 47.5 Å². The number of hydrogen-bond acceptors (Lipinski definition) is 2. The van der Waals surface area contributed by atoms with Gasteiger partial charge in [-0.2, -0.15) is 0 Å². The first-order valence-electron chi connectivity index (χ1n) is 5.73. The van der Waals surface area contributed by atoms with Crippen molar-refractivity contribution < 1.29 is 4.79 Å². The molecule has 0 aliphatic rings. The van der Waals surface area contributed by atoms with E-state index in [0.717, 1.165) is 6.42 Å². The second kappa shape index (κ2) is 6.11. The highest BCUT2D eigenvalue weighted by molar-refractivity contribution is 5.76. The molecule has 0 aromatic heterocycles. The number of carbonyl (C=O) groups excluding carboxylic acids is 1. The standard InChI is InChI=1S/C12H26N2O/c1-9(2)6-11(15)14-8-10(13)7-12(3,4)5/h9-10H,6-8,13H2,1-5H3,(H,14,15). The Balaban J connectivity index is 3.71. The molecule has 3 heteroatoms. The lowest BCUT2D eigenvalue weighted by molar-refractivity contribution is -0.121. The fourth-order valence-corrected chi connectivity index (χ4v) is 1.55. The van der Waals surface area contributed by atoms with Crippen LogP contribution in [0.15, 0.2) is 0 Å². The van der Waals surface area contributed by atoms with Crippen molar-refractivity contribution in [2.24, 2.45) is 17.1 Å². The molecule has 0 fully saturated rings. The van der Waals surface area contributed by atoms with Crippen molar-refractivity contribution in [2.45, 2.75) is 53.5 Å². The highest BCUT2D eigenvalue weighted by atomic mass is 16.1. The maximum Gasteiger partial charge on any atom is 0.220 e. The first-order valence-corrected chi connectivity index (χ1v) is 5.73. The maximum atomic E-state index is 11.4. The third-order valence-electron chi connectivity index (χ3n) is 2.03. The smallest absolute Gasteiger partial charge is 0.220 e. The van der Waals surface area contributed by atoms with Crippen molar-refractivity contribution in [3.63, 3.8) is 0 Å². The SMILES string of the molecule is CC(C)CC(=O)NCC(N)CC(C)(C)C. The molecular formula is C12H26N2O. The van der Waals surface area contributed by atoms with E-state index in [1.165, 1.54) is 0 Å². The fourth-order valence-electron chi connectivity index (χ4n) is 1.55. The summed E-state index contributed by atoms with van der Waals surface area (Å²) in [7, 11) is 0. The Kier molecular flexibility index (Phi) is 5.88. The predicted octanol–water partition coefficient (Wildman–Crippen LogP) is 1.91. The average Bonchev–Trinajstić information content (AvgIpc) is 1.96. The van der Waals surface area contributed by atoms with Crippen LogP contribution in [0.3, 0.4) is 0 Å². The van der Waals surface area contributed by atoms with E-state index >= 15 is 0 Å². The summed E-state index contributed by atoms with van der Waals surface area (Å²) < 4.78 is 0. The molecule has 0 spiro atoms. The molecule has 0 rings (SSSR count). The van der Waals surface area contributed by atoms with Crippen LogP contribution in [0.5, 0.6) is 0 Å². The molecule has 0 bridgehead atoms. The summed E-state index contributed by atoms with van der Waals surface area (Å²) in [5.74, 6) is 0.512. The zero-order valence-electron chi connectivity index (χ0n) is 10.8. The van der Waals surface area contributed by atoms with Gasteiger partial charge in [0.2, 0.25) is 5.91 Å². The van der Waals surface area contributed by atoms with E-state index in [-0.39, 0.29) is 17.4 Å². The van der Waals surface area contributed by atoms with Crippen LogP contribution in [0.2, 0.25) is 0 Å². The zero-order valence-corrected chi connectivity index (χ0v) is 10.8. The van der Waals surface area contributed by atoms with Gasteiger partial charge in [0.05, 0.1) is 0 Å². The predicted molar refractivity (Wildman–Crippen MR) is 64.5 cm³/mol. The molecule has 0 aromatic carbocycles. The number of amides is 1. The van der Waals surface area contributed by atoms with Crippen LogP contribution in [-0.2, 0) is 4.79 Å². The Morgan fingerprint density at radius 3 is 2.27 bits per heavy atom. The van der Waals surface area contributed by atoms with Gasteiger partial charge >= 0.3 is 0 Å². The van der Waals surface area contributed by atoms with Crippen molar-refractivity contribution in [3.8, 4) is 0 Å². The molecule has 0 radical (unpaired) electrons.